The minimum absolute atomic E-state index is 0.181. The fourth-order valence-corrected chi connectivity index (χ4v) is 3.24. The molecule has 3 aliphatic rings. The van der Waals surface area contributed by atoms with E-state index in [0.717, 1.165) is 5.57 Å². The first-order valence-electron chi connectivity index (χ1n) is 5.92. The topological polar surface area (TPSA) is 61.8 Å². The van der Waals surface area contributed by atoms with Crippen LogP contribution in [-0.4, -0.2) is 38.9 Å². The Bertz CT molecular complexity index is 408. The molecule has 5 heteroatoms. The van der Waals surface area contributed by atoms with E-state index in [-0.39, 0.29) is 17.7 Å². The Morgan fingerprint density at radius 3 is 2.39 bits per heavy atom. The normalized spacial score (nSPS) is 33.2. The van der Waals surface area contributed by atoms with E-state index >= 15 is 0 Å². The van der Waals surface area contributed by atoms with Crippen molar-refractivity contribution in [3.63, 3.8) is 0 Å². The van der Waals surface area contributed by atoms with E-state index < -0.39 is 17.6 Å². The predicted molar refractivity (Wildman–Crippen MR) is 62.6 cm³/mol. The van der Waals surface area contributed by atoms with Gasteiger partial charge in [0.1, 0.15) is 0 Å². The molecule has 0 radical (unpaired) electrons. The second-order valence-electron chi connectivity index (χ2n) is 4.80. The lowest BCUT2D eigenvalue weighted by Crippen LogP contribution is -2.61. The largest absolute Gasteiger partial charge is 0.469 e. The summed E-state index contributed by atoms with van der Waals surface area (Å²) in [5, 5.41) is 0. The van der Waals surface area contributed by atoms with Crippen molar-refractivity contribution in [3.8, 4) is 0 Å². The monoisotopic (exact) mass is 254 g/mol. The van der Waals surface area contributed by atoms with Gasteiger partial charge in [0.25, 0.3) is 0 Å². The van der Waals surface area contributed by atoms with Crippen LogP contribution in [-0.2, 0) is 23.8 Å². The molecule has 100 valence electrons. The highest BCUT2D eigenvalue weighted by Gasteiger charge is 2.60. The summed E-state index contributed by atoms with van der Waals surface area (Å²) in [7, 11) is 4.25. The van der Waals surface area contributed by atoms with Crippen LogP contribution in [0.5, 0.6) is 0 Å². The third-order valence-corrected chi connectivity index (χ3v) is 4.09. The first kappa shape index (κ1) is 13.2. The van der Waals surface area contributed by atoms with Crippen molar-refractivity contribution in [2.45, 2.75) is 19.1 Å². The number of ether oxygens (including phenoxy) is 3. The van der Waals surface area contributed by atoms with Gasteiger partial charge in [0, 0.05) is 20.1 Å². The zero-order chi connectivity index (χ0) is 13.5. The van der Waals surface area contributed by atoms with Crippen molar-refractivity contribution >= 4 is 11.8 Å². The summed E-state index contributed by atoms with van der Waals surface area (Å²) in [6, 6.07) is 0. The van der Waals surface area contributed by atoms with E-state index in [1.807, 2.05) is 13.0 Å². The highest BCUT2D eigenvalue weighted by atomic mass is 16.7. The van der Waals surface area contributed by atoms with Gasteiger partial charge in [-0.1, -0.05) is 11.6 Å². The summed E-state index contributed by atoms with van der Waals surface area (Å²) in [6.07, 6.45) is 2.49. The lowest BCUT2D eigenvalue weighted by Gasteiger charge is -2.48. The molecule has 0 aromatic heterocycles. The van der Waals surface area contributed by atoms with Crippen LogP contribution in [0.15, 0.2) is 11.6 Å². The number of esters is 1. The number of carbonyl (C=O) groups is 2. The molecule has 1 fully saturated rings. The molecular formula is C13H18O5. The van der Waals surface area contributed by atoms with E-state index in [9.17, 15) is 9.59 Å². The van der Waals surface area contributed by atoms with Crippen LogP contribution in [0.1, 0.15) is 13.3 Å². The van der Waals surface area contributed by atoms with Crippen LogP contribution >= 0.6 is 0 Å². The van der Waals surface area contributed by atoms with E-state index in [4.69, 9.17) is 14.2 Å². The van der Waals surface area contributed by atoms with Gasteiger partial charge in [0.2, 0.25) is 11.6 Å². The number of allylic oxidation sites excluding steroid dienone is 1. The first-order chi connectivity index (χ1) is 8.51. The van der Waals surface area contributed by atoms with Crippen molar-refractivity contribution in [1.82, 2.24) is 0 Å². The van der Waals surface area contributed by atoms with Crippen LogP contribution < -0.4 is 0 Å². The maximum Gasteiger partial charge on any atom is 0.309 e. The third-order valence-electron chi connectivity index (χ3n) is 4.09. The zero-order valence-electron chi connectivity index (χ0n) is 11.1. The van der Waals surface area contributed by atoms with E-state index in [0.29, 0.717) is 6.42 Å². The average Bonchev–Trinajstić information content (AvgIpc) is 2.38. The molecule has 0 heterocycles. The second-order valence-corrected chi connectivity index (χ2v) is 4.80. The van der Waals surface area contributed by atoms with Crippen molar-refractivity contribution in [2.24, 2.45) is 17.8 Å². The van der Waals surface area contributed by atoms with Gasteiger partial charge in [0.05, 0.1) is 18.9 Å². The van der Waals surface area contributed by atoms with Crippen molar-refractivity contribution < 1.29 is 23.8 Å². The van der Waals surface area contributed by atoms with Crippen molar-refractivity contribution in [1.29, 1.82) is 0 Å². The Balaban J connectivity index is 2.43. The average molecular weight is 254 g/mol. The standard InChI is InChI=1S/C13H18O5/c1-7-5-8-6-9(12(15)16-2)10(7)11(14)13(8,17-3)18-4/h5,8-10H,6H2,1-4H3/t8-,9+,10+/m1/s1. The summed E-state index contributed by atoms with van der Waals surface area (Å²) in [5.74, 6) is -2.92. The number of carbonyl (C=O) groups excluding carboxylic acids is 2. The van der Waals surface area contributed by atoms with Crippen molar-refractivity contribution in [2.75, 3.05) is 21.3 Å². The minimum atomic E-state index is -1.24. The smallest absolute Gasteiger partial charge is 0.309 e. The highest BCUT2D eigenvalue weighted by molar-refractivity contribution is 5.97. The molecule has 3 rings (SSSR count). The lowest BCUT2D eigenvalue weighted by atomic mass is 9.61. The Hall–Kier alpha value is -1.20. The van der Waals surface area contributed by atoms with Crippen LogP contribution in [0.2, 0.25) is 0 Å². The lowest BCUT2D eigenvalue weighted by molar-refractivity contribution is -0.241. The van der Waals surface area contributed by atoms with Gasteiger partial charge in [-0.05, 0) is 13.3 Å². The van der Waals surface area contributed by atoms with Gasteiger partial charge in [0.15, 0.2) is 0 Å². The van der Waals surface area contributed by atoms with Crippen molar-refractivity contribution in [3.05, 3.63) is 11.6 Å². The number of hydrogen-bond donors (Lipinski definition) is 0. The molecule has 3 atom stereocenters. The molecule has 0 amide bonds. The van der Waals surface area contributed by atoms with E-state index in [2.05, 4.69) is 0 Å². The number of ketones is 1. The van der Waals surface area contributed by atoms with Crippen LogP contribution in [0.3, 0.4) is 0 Å². The summed E-state index contributed by atoms with van der Waals surface area (Å²) in [4.78, 5) is 24.3. The predicted octanol–water partition coefficient (Wildman–Crippen LogP) is 0.930. The van der Waals surface area contributed by atoms with Gasteiger partial charge in [-0.25, -0.2) is 0 Å². The zero-order valence-corrected chi connectivity index (χ0v) is 11.1. The second kappa shape index (κ2) is 4.48. The molecule has 3 aliphatic carbocycles. The van der Waals surface area contributed by atoms with Gasteiger partial charge >= 0.3 is 5.97 Å². The first-order valence-corrected chi connectivity index (χ1v) is 5.92. The van der Waals surface area contributed by atoms with E-state index in [1.165, 1.54) is 21.3 Å². The number of fused-ring (bicyclic) bond motifs is 2. The Morgan fingerprint density at radius 1 is 1.33 bits per heavy atom. The minimum Gasteiger partial charge on any atom is -0.469 e. The Morgan fingerprint density at radius 2 is 1.94 bits per heavy atom. The van der Waals surface area contributed by atoms with Gasteiger partial charge < -0.3 is 14.2 Å². The molecule has 1 saturated carbocycles. The van der Waals surface area contributed by atoms with Crippen LogP contribution in [0, 0.1) is 17.8 Å². The number of hydrogen-bond acceptors (Lipinski definition) is 5. The van der Waals surface area contributed by atoms with Gasteiger partial charge in [-0.15, -0.1) is 0 Å². The number of Topliss-reactive ketones (excluding diaryl/α,β-unsaturated/α-hetero) is 1. The van der Waals surface area contributed by atoms with Crippen LogP contribution in [0.4, 0.5) is 0 Å². The summed E-state index contributed by atoms with van der Waals surface area (Å²) in [5.41, 5.74) is 0.899. The molecule has 0 aromatic carbocycles. The molecule has 0 spiro atoms. The van der Waals surface area contributed by atoms with Gasteiger partial charge in [-0.2, -0.15) is 0 Å². The molecule has 5 nitrogen and oxygen atoms in total. The summed E-state index contributed by atoms with van der Waals surface area (Å²) >= 11 is 0. The fourth-order valence-electron chi connectivity index (χ4n) is 3.24. The maximum atomic E-state index is 12.5. The molecule has 0 aromatic rings. The molecular weight excluding hydrogens is 236 g/mol. The maximum absolute atomic E-state index is 12.5. The molecule has 0 N–H and O–H groups in total. The highest BCUT2D eigenvalue weighted by Crippen LogP contribution is 2.49. The molecule has 0 aliphatic heterocycles. The van der Waals surface area contributed by atoms with Gasteiger partial charge in [-0.3, -0.25) is 9.59 Å². The molecule has 2 bridgehead atoms. The fraction of sp³-hybridized carbons (Fsp3) is 0.692. The molecule has 18 heavy (non-hydrogen) atoms. The molecule has 0 saturated heterocycles. The molecule has 0 unspecified atom stereocenters. The summed E-state index contributed by atoms with van der Waals surface area (Å²) < 4.78 is 15.4. The van der Waals surface area contributed by atoms with Crippen LogP contribution in [0.25, 0.3) is 0 Å². The number of methoxy groups -OCH3 is 3. The quantitative estimate of drug-likeness (QED) is 0.426. The SMILES string of the molecule is COC(=O)[C@H]1C[C@H]2C=C(C)[C@@H]1C(=O)C2(OC)OC. The Kier molecular flexibility index (Phi) is 3.29. The Labute approximate surface area is 106 Å². The number of rotatable bonds is 3. The summed E-state index contributed by atoms with van der Waals surface area (Å²) in [6.45, 7) is 1.86. The third kappa shape index (κ3) is 1.54. The van der Waals surface area contributed by atoms with E-state index in [1.54, 1.807) is 0 Å².